The number of fused-ring (bicyclic) bond motifs is 1. The number of carbonyl (C=O) groups is 1. The lowest BCUT2D eigenvalue weighted by molar-refractivity contribution is 0.192. The van der Waals surface area contributed by atoms with Crippen molar-refractivity contribution in [3.05, 3.63) is 65.3 Å². The third-order valence-corrected chi connectivity index (χ3v) is 6.43. The summed E-state index contributed by atoms with van der Waals surface area (Å²) < 4.78 is 0. The van der Waals surface area contributed by atoms with Crippen LogP contribution >= 0.6 is 22.7 Å². The maximum absolute atomic E-state index is 13.1. The maximum atomic E-state index is 13.1. The molecule has 8 nitrogen and oxygen atoms in total. The molecule has 0 aliphatic carbocycles. The molecule has 5 rings (SSSR count). The first-order chi connectivity index (χ1) is 13.8. The lowest BCUT2D eigenvalue weighted by Gasteiger charge is -2.34. The molecule has 0 saturated heterocycles. The first kappa shape index (κ1) is 17.0. The van der Waals surface area contributed by atoms with Gasteiger partial charge in [-0.3, -0.25) is 10.3 Å². The molecule has 1 atom stereocenters. The number of aromatic nitrogens is 5. The fourth-order valence-corrected chi connectivity index (χ4v) is 4.83. The highest BCUT2D eigenvalue weighted by molar-refractivity contribution is 7.23. The summed E-state index contributed by atoms with van der Waals surface area (Å²) in [5, 5.41) is 14.5. The topological polar surface area (TPSA) is 99.7 Å². The van der Waals surface area contributed by atoms with E-state index < -0.39 is 0 Å². The van der Waals surface area contributed by atoms with Gasteiger partial charge in [-0.2, -0.15) is 0 Å². The molecule has 0 saturated carbocycles. The summed E-state index contributed by atoms with van der Waals surface area (Å²) in [6, 6.07) is 7.25. The van der Waals surface area contributed by atoms with Crippen molar-refractivity contribution in [2.75, 3.05) is 11.9 Å². The molecule has 10 heteroatoms. The average Bonchev–Trinajstić information content (AvgIpc) is 3.48. The number of hydrogen-bond donors (Lipinski definition) is 2. The SMILES string of the molecule is O=C(Nc1nnc(-c2cccs2)s1)N1CCc2[nH]cnc2C1c1cccnc1. The number of hydrogen-bond acceptors (Lipinski definition) is 7. The molecule has 140 valence electrons. The Morgan fingerprint density at radius 1 is 1.29 bits per heavy atom. The van der Waals surface area contributed by atoms with Gasteiger partial charge in [0.1, 0.15) is 6.04 Å². The molecule has 1 aliphatic heterocycles. The number of pyridine rings is 1. The summed E-state index contributed by atoms with van der Waals surface area (Å²) in [7, 11) is 0. The molecular weight excluding hydrogens is 394 g/mol. The van der Waals surface area contributed by atoms with E-state index in [-0.39, 0.29) is 12.1 Å². The van der Waals surface area contributed by atoms with Crippen molar-refractivity contribution in [1.82, 2.24) is 30.0 Å². The molecule has 1 unspecified atom stereocenters. The van der Waals surface area contributed by atoms with E-state index in [4.69, 9.17) is 0 Å². The van der Waals surface area contributed by atoms with Crippen molar-refractivity contribution >= 4 is 33.8 Å². The van der Waals surface area contributed by atoms with Crippen molar-refractivity contribution in [2.45, 2.75) is 12.5 Å². The van der Waals surface area contributed by atoms with Crippen LogP contribution in [-0.2, 0) is 6.42 Å². The van der Waals surface area contributed by atoms with Gasteiger partial charge in [-0.15, -0.1) is 21.5 Å². The summed E-state index contributed by atoms with van der Waals surface area (Å²) in [5.74, 6) is 0. The van der Waals surface area contributed by atoms with Crippen LogP contribution in [0.2, 0.25) is 0 Å². The Morgan fingerprint density at radius 2 is 2.25 bits per heavy atom. The molecule has 1 aliphatic rings. The van der Waals surface area contributed by atoms with Gasteiger partial charge in [0.25, 0.3) is 0 Å². The average molecular weight is 410 g/mol. The van der Waals surface area contributed by atoms with Gasteiger partial charge < -0.3 is 9.88 Å². The second kappa shape index (κ2) is 7.13. The molecule has 28 heavy (non-hydrogen) atoms. The number of nitrogens with zero attached hydrogens (tertiary/aromatic N) is 5. The highest BCUT2D eigenvalue weighted by Crippen LogP contribution is 2.34. The fourth-order valence-electron chi connectivity index (χ4n) is 3.31. The predicted molar refractivity (Wildman–Crippen MR) is 107 cm³/mol. The van der Waals surface area contributed by atoms with Gasteiger partial charge in [0.2, 0.25) is 5.13 Å². The van der Waals surface area contributed by atoms with E-state index in [0.717, 1.165) is 33.3 Å². The second-order valence-corrected chi connectivity index (χ2v) is 8.14. The number of anilines is 1. The Morgan fingerprint density at radius 3 is 3.07 bits per heavy atom. The number of rotatable bonds is 3. The number of nitrogens with one attached hydrogen (secondary N) is 2. The smallest absolute Gasteiger partial charge is 0.324 e. The van der Waals surface area contributed by atoms with Gasteiger partial charge in [0, 0.05) is 31.1 Å². The molecule has 0 spiro atoms. The van der Waals surface area contributed by atoms with Gasteiger partial charge in [-0.25, -0.2) is 9.78 Å². The van der Waals surface area contributed by atoms with Gasteiger partial charge >= 0.3 is 6.03 Å². The van der Waals surface area contributed by atoms with Gasteiger partial charge in [0.15, 0.2) is 5.01 Å². The second-order valence-electron chi connectivity index (χ2n) is 6.22. The monoisotopic (exact) mass is 409 g/mol. The lowest BCUT2D eigenvalue weighted by Crippen LogP contribution is -2.43. The van der Waals surface area contributed by atoms with E-state index in [1.54, 1.807) is 35.0 Å². The first-order valence-corrected chi connectivity index (χ1v) is 10.4. The third kappa shape index (κ3) is 3.06. The van der Waals surface area contributed by atoms with Crippen LogP contribution in [0, 0.1) is 0 Å². The van der Waals surface area contributed by atoms with Crippen molar-refractivity contribution < 1.29 is 4.79 Å². The van der Waals surface area contributed by atoms with Crippen LogP contribution in [0.1, 0.15) is 23.0 Å². The maximum Gasteiger partial charge on any atom is 0.324 e. The van der Waals surface area contributed by atoms with Crippen LogP contribution in [0.3, 0.4) is 0 Å². The normalized spacial score (nSPS) is 16.0. The fraction of sp³-hybridized carbons (Fsp3) is 0.167. The van der Waals surface area contributed by atoms with Gasteiger partial charge in [-0.05, 0) is 23.1 Å². The largest absolute Gasteiger partial charge is 0.348 e. The minimum Gasteiger partial charge on any atom is -0.348 e. The van der Waals surface area contributed by atoms with Crippen LogP contribution < -0.4 is 5.32 Å². The van der Waals surface area contributed by atoms with Crippen LogP contribution in [0.25, 0.3) is 9.88 Å². The lowest BCUT2D eigenvalue weighted by atomic mass is 9.97. The molecule has 0 bridgehead atoms. The van der Waals surface area contributed by atoms with Crippen LogP contribution in [-0.4, -0.2) is 42.6 Å². The Balaban J connectivity index is 1.42. The molecule has 0 aromatic carbocycles. The molecule has 0 fully saturated rings. The summed E-state index contributed by atoms with van der Waals surface area (Å²) >= 11 is 2.96. The van der Waals surface area contributed by atoms with Gasteiger partial charge in [0.05, 0.1) is 16.9 Å². The third-order valence-electron chi connectivity index (χ3n) is 4.56. The zero-order chi connectivity index (χ0) is 18.9. The highest BCUT2D eigenvalue weighted by Gasteiger charge is 2.34. The minimum absolute atomic E-state index is 0.226. The molecule has 0 radical (unpaired) electrons. The quantitative estimate of drug-likeness (QED) is 0.539. The number of imidazole rings is 1. The summed E-state index contributed by atoms with van der Waals surface area (Å²) in [4.78, 5) is 27.7. The predicted octanol–water partition coefficient (Wildman–Crippen LogP) is 3.56. The molecule has 2 N–H and O–H groups in total. The Hall–Kier alpha value is -3.11. The van der Waals surface area contributed by atoms with E-state index in [1.165, 1.54) is 11.3 Å². The van der Waals surface area contributed by atoms with E-state index in [9.17, 15) is 4.79 Å². The molecule has 5 heterocycles. The van der Waals surface area contributed by atoms with E-state index >= 15 is 0 Å². The van der Waals surface area contributed by atoms with Crippen LogP contribution in [0.5, 0.6) is 0 Å². The van der Waals surface area contributed by atoms with Crippen molar-refractivity contribution in [2.24, 2.45) is 0 Å². The minimum atomic E-state index is -0.298. The number of urea groups is 1. The van der Waals surface area contributed by atoms with Crippen molar-refractivity contribution in [3.63, 3.8) is 0 Å². The molecule has 2 amide bonds. The van der Waals surface area contributed by atoms with E-state index in [2.05, 4.69) is 30.5 Å². The molecular formula is C18H15N7OS2. The van der Waals surface area contributed by atoms with Crippen LogP contribution in [0.4, 0.5) is 9.93 Å². The summed E-state index contributed by atoms with van der Waals surface area (Å²) in [6.07, 6.45) is 5.88. The van der Waals surface area contributed by atoms with Gasteiger partial charge in [-0.1, -0.05) is 23.5 Å². The standard InChI is InChI=1S/C18H15N7OS2/c26-18(22-17-24-23-16(28-17)13-4-2-8-27-13)25-7-5-12-14(21-10-20-12)15(25)11-3-1-6-19-9-11/h1-4,6,8-10,15H,5,7H2,(H,20,21)(H,22,24,26). The molecule has 4 aromatic rings. The summed E-state index contributed by atoms with van der Waals surface area (Å²) in [6.45, 7) is 0.567. The number of thiophene rings is 1. The zero-order valence-corrected chi connectivity index (χ0v) is 16.2. The number of H-pyrrole nitrogens is 1. The Labute approximate surface area is 168 Å². The Bertz CT molecular complexity index is 1090. The van der Waals surface area contributed by atoms with Crippen LogP contribution in [0.15, 0.2) is 48.4 Å². The van der Waals surface area contributed by atoms with E-state index in [0.29, 0.717) is 11.7 Å². The number of amides is 2. The highest BCUT2D eigenvalue weighted by atomic mass is 32.1. The Kier molecular flexibility index (Phi) is 4.34. The number of carbonyl (C=O) groups excluding carboxylic acids is 1. The molecule has 4 aromatic heterocycles. The zero-order valence-electron chi connectivity index (χ0n) is 14.6. The summed E-state index contributed by atoms with van der Waals surface area (Å²) in [5.41, 5.74) is 2.82. The number of aromatic amines is 1. The first-order valence-electron chi connectivity index (χ1n) is 8.66. The van der Waals surface area contributed by atoms with Crippen molar-refractivity contribution in [1.29, 1.82) is 0 Å². The van der Waals surface area contributed by atoms with E-state index in [1.807, 2.05) is 29.6 Å². The van der Waals surface area contributed by atoms with Crippen molar-refractivity contribution in [3.8, 4) is 9.88 Å².